The second-order valence-electron chi connectivity index (χ2n) is 6.04. The average molecular weight is 334 g/mol. The Bertz CT molecular complexity index is 850. The smallest absolute Gasteiger partial charge is 0.224 e. The van der Waals surface area contributed by atoms with Crippen molar-refractivity contribution in [2.75, 3.05) is 5.32 Å². The Morgan fingerprint density at radius 3 is 2.64 bits per heavy atom. The normalized spacial score (nSPS) is 10.6. The molecule has 0 spiro atoms. The highest BCUT2D eigenvalue weighted by Gasteiger charge is 2.10. The highest BCUT2D eigenvalue weighted by Crippen LogP contribution is 2.21. The second kappa shape index (κ2) is 7.79. The van der Waals surface area contributed by atoms with Gasteiger partial charge in [0.05, 0.1) is 6.20 Å². The largest absolute Gasteiger partial charge is 0.441 e. The molecule has 2 aromatic carbocycles. The number of aromatic nitrogens is 1. The maximum Gasteiger partial charge on any atom is 0.224 e. The van der Waals surface area contributed by atoms with E-state index in [0.717, 1.165) is 29.0 Å². The van der Waals surface area contributed by atoms with E-state index >= 15 is 0 Å². The summed E-state index contributed by atoms with van der Waals surface area (Å²) in [6, 6.07) is 16.0. The van der Waals surface area contributed by atoms with Crippen molar-refractivity contribution in [2.45, 2.75) is 33.1 Å². The zero-order valence-corrected chi connectivity index (χ0v) is 14.6. The fourth-order valence-corrected chi connectivity index (χ4v) is 2.66. The van der Waals surface area contributed by atoms with E-state index in [1.165, 1.54) is 5.56 Å². The molecule has 4 nitrogen and oxygen atoms in total. The van der Waals surface area contributed by atoms with Crippen LogP contribution in [-0.4, -0.2) is 10.9 Å². The minimum atomic E-state index is -0.0315. The van der Waals surface area contributed by atoms with Crippen molar-refractivity contribution in [3.8, 4) is 11.3 Å². The molecule has 0 radical (unpaired) electrons. The SMILES string of the molecule is CCc1ccccc1NC(=O)CCc1ncc(-c2ccc(C)cc2)o1. The van der Waals surface area contributed by atoms with E-state index in [2.05, 4.69) is 17.2 Å². The third kappa shape index (κ3) is 4.35. The van der Waals surface area contributed by atoms with Crippen LogP contribution in [-0.2, 0) is 17.6 Å². The molecule has 25 heavy (non-hydrogen) atoms. The van der Waals surface area contributed by atoms with Gasteiger partial charge >= 0.3 is 0 Å². The molecule has 1 amide bonds. The maximum absolute atomic E-state index is 12.2. The van der Waals surface area contributed by atoms with Crippen LogP contribution >= 0.6 is 0 Å². The van der Waals surface area contributed by atoms with Crippen LogP contribution in [0, 0.1) is 6.92 Å². The molecule has 4 heteroatoms. The first kappa shape index (κ1) is 17.0. The Balaban J connectivity index is 1.58. The third-order valence-corrected chi connectivity index (χ3v) is 4.13. The highest BCUT2D eigenvalue weighted by atomic mass is 16.4. The van der Waals surface area contributed by atoms with Crippen LogP contribution in [0.1, 0.15) is 30.4 Å². The third-order valence-electron chi connectivity index (χ3n) is 4.13. The number of oxazole rings is 1. The van der Waals surface area contributed by atoms with Gasteiger partial charge in [0.2, 0.25) is 5.91 Å². The van der Waals surface area contributed by atoms with Gasteiger partial charge < -0.3 is 9.73 Å². The number of rotatable bonds is 6. The fraction of sp³-hybridized carbons (Fsp3) is 0.238. The molecule has 0 saturated heterocycles. The lowest BCUT2D eigenvalue weighted by molar-refractivity contribution is -0.116. The van der Waals surface area contributed by atoms with E-state index < -0.39 is 0 Å². The van der Waals surface area contributed by atoms with Gasteiger partial charge in [-0.3, -0.25) is 4.79 Å². The minimum Gasteiger partial charge on any atom is -0.441 e. The van der Waals surface area contributed by atoms with Crippen molar-refractivity contribution in [3.63, 3.8) is 0 Å². The van der Waals surface area contributed by atoms with Crippen molar-refractivity contribution < 1.29 is 9.21 Å². The van der Waals surface area contributed by atoms with E-state index in [9.17, 15) is 4.79 Å². The van der Waals surface area contributed by atoms with E-state index in [4.69, 9.17) is 4.42 Å². The predicted octanol–water partition coefficient (Wildman–Crippen LogP) is 4.78. The number of hydrogen-bond acceptors (Lipinski definition) is 3. The molecule has 0 fully saturated rings. The van der Waals surface area contributed by atoms with Crippen LogP contribution in [0.15, 0.2) is 59.1 Å². The van der Waals surface area contributed by atoms with Crippen LogP contribution in [0.25, 0.3) is 11.3 Å². The molecule has 3 aromatic rings. The van der Waals surface area contributed by atoms with Gasteiger partial charge in [0, 0.05) is 24.1 Å². The molecular weight excluding hydrogens is 312 g/mol. The molecule has 128 valence electrons. The fourth-order valence-electron chi connectivity index (χ4n) is 2.66. The summed E-state index contributed by atoms with van der Waals surface area (Å²) < 4.78 is 5.76. The predicted molar refractivity (Wildman–Crippen MR) is 99.4 cm³/mol. The minimum absolute atomic E-state index is 0.0315. The van der Waals surface area contributed by atoms with Gasteiger partial charge in [0.15, 0.2) is 11.7 Å². The van der Waals surface area contributed by atoms with Gasteiger partial charge in [-0.15, -0.1) is 0 Å². The maximum atomic E-state index is 12.2. The summed E-state index contributed by atoms with van der Waals surface area (Å²) in [4.78, 5) is 16.5. The molecule has 0 saturated carbocycles. The van der Waals surface area contributed by atoms with Crippen LogP contribution in [0.3, 0.4) is 0 Å². The summed E-state index contributed by atoms with van der Waals surface area (Å²) in [5, 5.41) is 2.97. The Hall–Kier alpha value is -2.88. The summed E-state index contributed by atoms with van der Waals surface area (Å²) in [6.07, 6.45) is 3.41. The molecule has 3 rings (SSSR count). The van der Waals surface area contributed by atoms with Gasteiger partial charge in [-0.2, -0.15) is 0 Å². The zero-order valence-electron chi connectivity index (χ0n) is 14.6. The molecule has 0 bridgehead atoms. The monoisotopic (exact) mass is 334 g/mol. The number of benzene rings is 2. The van der Waals surface area contributed by atoms with Crippen molar-refractivity contribution in [1.82, 2.24) is 4.98 Å². The second-order valence-corrected chi connectivity index (χ2v) is 6.04. The molecule has 0 aliphatic carbocycles. The average Bonchev–Trinajstić information content (AvgIpc) is 3.10. The van der Waals surface area contributed by atoms with Crippen LogP contribution < -0.4 is 5.32 Å². The first-order valence-corrected chi connectivity index (χ1v) is 8.55. The zero-order chi connectivity index (χ0) is 17.6. The number of nitrogens with one attached hydrogen (secondary N) is 1. The summed E-state index contributed by atoms with van der Waals surface area (Å²) >= 11 is 0. The number of anilines is 1. The summed E-state index contributed by atoms with van der Waals surface area (Å²) in [7, 11) is 0. The lowest BCUT2D eigenvalue weighted by Crippen LogP contribution is -2.13. The molecule has 1 aromatic heterocycles. The van der Waals surface area contributed by atoms with Crippen molar-refractivity contribution in [3.05, 3.63) is 71.7 Å². The van der Waals surface area contributed by atoms with E-state index in [1.54, 1.807) is 6.20 Å². The standard InChI is InChI=1S/C21H22N2O2/c1-3-16-6-4-5-7-18(16)23-20(24)12-13-21-22-14-19(25-21)17-10-8-15(2)9-11-17/h4-11,14H,3,12-13H2,1-2H3,(H,23,24). The Kier molecular flexibility index (Phi) is 5.29. The number of carbonyl (C=O) groups excluding carboxylic acids is 1. The van der Waals surface area contributed by atoms with Gasteiger partial charge in [-0.1, -0.05) is 55.0 Å². The van der Waals surface area contributed by atoms with E-state index in [0.29, 0.717) is 18.7 Å². The number of para-hydroxylation sites is 1. The first-order chi connectivity index (χ1) is 12.2. The molecule has 0 aliphatic heterocycles. The Morgan fingerprint density at radius 1 is 1.12 bits per heavy atom. The van der Waals surface area contributed by atoms with Crippen LogP contribution in [0.4, 0.5) is 5.69 Å². The molecular formula is C21H22N2O2. The number of aryl methyl sites for hydroxylation is 3. The van der Waals surface area contributed by atoms with Crippen molar-refractivity contribution >= 4 is 11.6 Å². The topological polar surface area (TPSA) is 55.1 Å². The molecule has 0 unspecified atom stereocenters. The Morgan fingerprint density at radius 2 is 1.88 bits per heavy atom. The van der Waals surface area contributed by atoms with Crippen LogP contribution in [0.2, 0.25) is 0 Å². The van der Waals surface area contributed by atoms with Gasteiger partial charge in [0.1, 0.15) is 0 Å². The lowest BCUT2D eigenvalue weighted by atomic mass is 10.1. The van der Waals surface area contributed by atoms with Gasteiger partial charge in [-0.25, -0.2) is 4.98 Å². The van der Waals surface area contributed by atoms with Gasteiger partial charge in [0.25, 0.3) is 0 Å². The number of carbonyl (C=O) groups is 1. The molecule has 0 aliphatic rings. The molecule has 1 N–H and O–H groups in total. The quantitative estimate of drug-likeness (QED) is 0.705. The van der Waals surface area contributed by atoms with E-state index in [1.807, 2.05) is 55.5 Å². The highest BCUT2D eigenvalue weighted by molar-refractivity contribution is 5.91. The first-order valence-electron chi connectivity index (χ1n) is 8.55. The van der Waals surface area contributed by atoms with Crippen molar-refractivity contribution in [2.24, 2.45) is 0 Å². The lowest BCUT2D eigenvalue weighted by Gasteiger charge is -2.08. The molecule has 0 atom stereocenters. The summed E-state index contributed by atoms with van der Waals surface area (Å²) in [5.74, 6) is 1.28. The number of hydrogen-bond donors (Lipinski definition) is 1. The number of nitrogens with zero attached hydrogens (tertiary/aromatic N) is 1. The van der Waals surface area contributed by atoms with E-state index in [-0.39, 0.29) is 5.91 Å². The van der Waals surface area contributed by atoms with Crippen molar-refractivity contribution in [1.29, 1.82) is 0 Å². The summed E-state index contributed by atoms with van der Waals surface area (Å²) in [5.41, 5.74) is 4.20. The van der Waals surface area contributed by atoms with Gasteiger partial charge in [-0.05, 0) is 25.0 Å². The summed E-state index contributed by atoms with van der Waals surface area (Å²) in [6.45, 7) is 4.12. The Labute approximate surface area is 147 Å². The molecule has 1 heterocycles. The number of amides is 1. The van der Waals surface area contributed by atoms with Crippen LogP contribution in [0.5, 0.6) is 0 Å².